The van der Waals surface area contributed by atoms with Gasteiger partial charge in [0.2, 0.25) is 5.91 Å². The summed E-state index contributed by atoms with van der Waals surface area (Å²) in [4.78, 5) is 21.2. The number of hydrogen-bond donors (Lipinski definition) is 1. The number of hydrogen-bond acceptors (Lipinski definition) is 4. The monoisotopic (exact) mass is 418 g/mol. The van der Waals surface area contributed by atoms with Crippen LogP contribution >= 0.6 is 0 Å². The van der Waals surface area contributed by atoms with E-state index in [1.165, 1.54) is 0 Å². The van der Waals surface area contributed by atoms with Crippen LogP contribution < -0.4 is 5.32 Å². The average Bonchev–Trinajstić information content (AvgIpc) is 2.84. The quantitative estimate of drug-likeness (QED) is 0.449. The van der Waals surface area contributed by atoms with Crippen molar-refractivity contribution in [2.24, 2.45) is 0 Å². The normalized spacial score (nSPS) is 11.4. The molecule has 5 heteroatoms. The number of benzene rings is 2. The van der Waals surface area contributed by atoms with Crippen molar-refractivity contribution < 1.29 is 4.79 Å². The predicted molar refractivity (Wildman–Crippen MR) is 126 cm³/mol. The molecular weight excluding hydrogens is 396 g/mol. The maximum absolute atomic E-state index is 12.9. The molecule has 1 amide bonds. The largest absolute Gasteiger partial charge is 0.326 e. The van der Waals surface area contributed by atoms with Crippen LogP contribution in [-0.4, -0.2) is 15.9 Å². The van der Waals surface area contributed by atoms with Crippen molar-refractivity contribution in [3.05, 3.63) is 102 Å². The molecule has 2 heterocycles. The number of nitrogens with one attached hydrogen (secondary N) is 1. The van der Waals surface area contributed by atoms with Gasteiger partial charge in [-0.2, -0.15) is 5.26 Å². The Morgan fingerprint density at radius 3 is 2.34 bits per heavy atom. The lowest BCUT2D eigenvalue weighted by atomic mass is 9.96. The second-order valence-electron chi connectivity index (χ2n) is 7.64. The van der Waals surface area contributed by atoms with Gasteiger partial charge in [-0.05, 0) is 72.5 Å². The molecule has 0 aliphatic carbocycles. The molecule has 0 aliphatic rings. The van der Waals surface area contributed by atoms with E-state index in [0.717, 1.165) is 39.2 Å². The zero-order valence-electron chi connectivity index (χ0n) is 17.9. The number of anilines is 1. The van der Waals surface area contributed by atoms with E-state index >= 15 is 0 Å². The van der Waals surface area contributed by atoms with Gasteiger partial charge in [0, 0.05) is 29.3 Å². The Labute approximate surface area is 187 Å². The number of carbonyl (C=O) groups is 1. The van der Waals surface area contributed by atoms with E-state index in [4.69, 9.17) is 5.26 Å². The number of nitriles is 1. The van der Waals surface area contributed by atoms with Gasteiger partial charge in [0.15, 0.2) is 0 Å². The SMILES string of the molecule is Cc1cc(-c2ccc(NC(=O)C(C)c3cccc(-c4ccc(C#N)nc4)c3)cc2)ccn1. The molecule has 0 aliphatic heterocycles. The minimum absolute atomic E-state index is 0.0763. The van der Waals surface area contributed by atoms with E-state index < -0.39 is 0 Å². The highest BCUT2D eigenvalue weighted by Gasteiger charge is 2.16. The molecule has 0 radical (unpaired) electrons. The highest BCUT2D eigenvalue weighted by molar-refractivity contribution is 5.96. The lowest BCUT2D eigenvalue weighted by Gasteiger charge is -2.14. The standard InChI is InChI=1S/C27H22N4O/c1-18-14-23(12-13-29-18)20-6-9-25(10-7-20)31-27(32)19(2)21-4-3-5-22(15-21)24-8-11-26(16-28)30-17-24/h3-15,17,19H,1-2H3,(H,31,32). The molecular formula is C27H22N4O. The fourth-order valence-electron chi connectivity index (χ4n) is 3.49. The van der Waals surface area contributed by atoms with E-state index in [9.17, 15) is 4.79 Å². The number of aryl methyl sites for hydroxylation is 1. The highest BCUT2D eigenvalue weighted by atomic mass is 16.1. The Hall–Kier alpha value is -4.30. The van der Waals surface area contributed by atoms with Gasteiger partial charge in [-0.25, -0.2) is 4.98 Å². The molecule has 1 N–H and O–H groups in total. The summed E-state index contributed by atoms with van der Waals surface area (Å²) in [7, 11) is 0. The first-order valence-corrected chi connectivity index (χ1v) is 10.3. The van der Waals surface area contributed by atoms with Crippen LogP contribution in [0.1, 0.15) is 29.8 Å². The fourth-order valence-corrected chi connectivity index (χ4v) is 3.49. The van der Waals surface area contributed by atoms with Crippen molar-refractivity contribution in [2.75, 3.05) is 5.32 Å². The van der Waals surface area contributed by atoms with Crippen LogP contribution in [0.3, 0.4) is 0 Å². The van der Waals surface area contributed by atoms with Crippen LogP contribution in [0.2, 0.25) is 0 Å². The minimum Gasteiger partial charge on any atom is -0.326 e. The molecule has 5 nitrogen and oxygen atoms in total. The summed E-state index contributed by atoms with van der Waals surface area (Å²) in [6, 6.07) is 25.2. The Bertz CT molecular complexity index is 1290. The molecule has 1 unspecified atom stereocenters. The molecule has 4 aromatic rings. The number of pyridine rings is 2. The van der Waals surface area contributed by atoms with Crippen LogP contribution in [0.25, 0.3) is 22.3 Å². The second kappa shape index (κ2) is 9.23. The van der Waals surface area contributed by atoms with Gasteiger partial charge in [0.25, 0.3) is 0 Å². The molecule has 156 valence electrons. The first kappa shape index (κ1) is 21.0. The third-order valence-electron chi connectivity index (χ3n) is 5.37. The van der Waals surface area contributed by atoms with Crippen LogP contribution in [0.4, 0.5) is 5.69 Å². The Morgan fingerprint density at radius 2 is 1.66 bits per heavy atom. The van der Waals surface area contributed by atoms with Gasteiger partial charge in [-0.3, -0.25) is 9.78 Å². The third kappa shape index (κ3) is 4.71. The zero-order valence-corrected chi connectivity index (χ0v) is 17.9. The van der Waals surface area contributed by atoms with Crippen LogP contribution in [-0.2, 0) is 4.79 Å². The number of nitrogens with zero attached hydrogens (tertiary/aromatic N) is 3. The summed E-state index contributed by atoms with van der Waals surface area (Å²) in [5.74, 6) is -0.406. The number of carbonyl (C=O) groups excluding carboxylic acids is 1. The lowest BCUT2D eigenvalue weighted by Crippen LogP contribution is -2.18. The molecule has 0 saturated carbocycles. The van der Waals surface area contributed by atoms with Crippen LogP contribution in [0.15, 0.2) is 85.2 Å². The van der Waals surface area contributed by atoms with E-state index in [-0.39, 0.29) is 11.8 Å². The summed E-state index contributed by atoms with van der Waals surface area (Å²) in [6.45, 7) is 3.85. The van der Waals surface area contributed by atoms with E-state index in [1.807, 2.05) is 86.6 Å². The van der Waals surface area contributed by atoms with E-state index in [2.05, 4.69) is 15.3 Å². The highest BCUT2D eigenvalue weighted by Crippen LogP contribution is 2.26. The van der Waals surface area contributed by atoms with Crippen molar-refractivity contribution in [2.45, 2.75) is 19.8 Å². The van der Waals surface area contributed by atoms with Crippen molar-refractivity contribution in [3.8, 4) is 28.3 Å². The summed E-state index contributed by atoms with van der Waals surface area (Å²) >= 11 is 0. The van der Waals surface area contributed by atoms with Gasteiger partial charge in [-0.1, -0.05) is 36.4 Å². The Kier molecular flexibility index (Phi) is 6.05. The summed E-state index contributed by atoms with van der Waals surface area (Å²) in [5.41, 5.74) is 7.03. The van der Waals surface area contributed by atoms with Crippen LogP contribution in [0, 0.1) is 18.3 Å². The van der Waals surface area contributed by atoms with Gasteiger partial charge in [-0.15, -0.1) is 0 Å². The smallest absolute Gasteiger partial charge is 0.231 e. The summed E-state index contributed by atoms with van der Waals surface area (Å²) in [5, 5.41) is 11.9. The third-order valence-corrected chi connectivity index (χ3v) is 5.37. The molecule has 2 aromatic heterocycles. The minimum atomic E-state index is -0.330. The van der Waals surface area contributed by atoms with Crippen LogP contribution in [0.5, 0.6) is 0 Å². The van der Waals surface area contributed by atoms with Crippen molar-refractivity contribution >= 4 is 11.6 Å². The number of rotatable bonds is 5. The first-order valence-electron chi connectivity index (χ1n) is 10.3. The van der Waals surface area contributed by atoms with Crippen molar-refractivity contribution in [1.82, 2.24) is 9.97 Å². The molecule has 2 aromatic carbocycles. The van der Waals surface area contributed by atoms with Gasteiger partial charge in [0.1, 0.15) is 11.8 Å². The topological polar surface area (TPSA) is 78.7 Å². The Morgan fingerprint density at radius 1 is 0.906 bits per heavy atom. The second-order valence-corrected chi connectivity index (χ2v) is 7.64. The van der Waals surface area contributed by atoms with Gasteiger partial charge in [0.05, 0.1) is 5.92 Å². The zero-order chi connectivity index (χ0) is 22.5. The maximum atomic E-state index is 12.9. The molecule has 32 heavy (non-hydrogen) atoms. The van der Waals surface area contributed by atoms with Crippen molar-refractivity contribution in [1.29, 1.82) is 5.26 Å². The van der Waals surface area contributed by atoms with E-state index in [0.29, 0.717) is 5.69 Å². The van der Waals surface area contributed by atoms with E-state index in [1.54, 1.807) is 18.5 Å². The predicted octanol–water partition coefficient (Wildman–Crippen LogP) is 5.73. The molecule has 0 bridgehead atoms. The Balaban J connectivity index is 1.47. The number of aromatic nitrogens is 2. The summed E-state index contributed by atoms with van der Waals surface area (Å²) < 4.78 is 0. The molecule has 4 rings (SSSR count). The molecule has 1 atom stereocenters. The molecule has 0 spiro atoms. The lowest BCUT2D eigenvalue weighted by molar-refractivity contribution is -0.117. The maximum Gasteiger partial charge on any atom is 0.231 e. The fraction of sp³-hybridized carbons (Fsp3) is 0.111. The van der Waals surface area contributed by atoms with Crippen molar-refractivity contribution in [3.63, 3.8) is 0 Å². The van der Waals surface area contributed by atoms with Gasteiger partial charge < -0.3 is 5.32 Å². The summed E-state index contributed by atoms with van der Waals surface area (Å²) in [6.07, 6.45) is 3.47. The first-order chi connectivity index (χ1) is 15.5. The molecule has 0 saturated heterocycles. The average molecular weight is 419 g/mol. The molecule has 0 fully saturated rings. The number of amides is 1. The van der Waals surface area contributed by atoms with Gasteiger partial charge >= 0.3 is 0 Å².